The zero-order valence-electron chi connectivity index (χ0n) is 11.8. The van der Waals surface area contributed by atoms with E-state index in [1.807, 2.05) is 19.2 Å². The van der Waals surface area contributed by atoms with Crippen LogP contribution in [0.25, 0.3) is 10.6 Å². The second-order valence-corrected chi connectivity index (χ2v) is 6.71. The Kier molecular flexibility index (Phi) is 3.92. The van der Waals surface area contributed by atoms with Gasteiger partial charge in [0.2, 0.25) is 0 Å². The van der Waals surface area contributed by atoms with Crippen LogP contribution in [0, 0.1) is 0 Å². The predicted octanol–water partition coefficient (Wildman–Crippen LogP) is 3.53. The van der Waals surface area contributed by atoms with Gasteiger partial charge in [-0.3, -0.25) is 0 Å². The molecule has 0 aliphatic heterocycles. The highest BCUT2D eigenvalue weighted by Gasteiger charge is 2.23. The lowest BCUT2D eigenvalue weighted by Gasteiger charge is -2.17. The Morgan fingerprint density at radius 3 is 2.63 bits per heavy atom. The zero-order chi connectivity index (χ0) is 14.0. The van der Waals surface area contributed by atoms with Gasteiger partial charge in [0.25, 0.3) is 0 Å². The second-order valence-electron chi connectivity index (χ2n) is 5.62. The van der Waals surface area contributed by atoms with Crippen molar-refractivity contribution in [1.29, 1.82) is 0 Å². The molecule has 1 aromatic carbocycles. The highest BCUT2D eigenvalue weighted by Crippen LogP contribution is 2.35. The van der Waals surface area contributed by atoms with E-state index in [1.165, 1.54) is 4.88 Å². The van der Waals surface area contributed by atoms with Crippen molar-refractivity contribution < 1.29 is 5.11 Å². The number of hydrogen-bond donors (Lipinski definition) is 2. The van der Waals surface area contributed by atoms with Crippen LogP contribution in [0.5, 0.6) is 5.75 Å². The van der Waals surface area contributed by atoms with Gasteiger partial charge in [-0.05, 0) is 19.2 Å². The van der Waals surface area contributed by atoms with Gasteiger partial charge in [-0.1, -0.05) is 32.9 Å². The molecule has 0 saturated carbocycles. The average Bonchev–Trinajstić information content (AvgIpc) is 2.73. The molecule has 1 heterocycles. The van der Waals surface area contributed by atoms with Gasteiger partial charge in [-0.2, -0.15) is 0 Å². The number of aromatic hydroxyl groups is 1. The molecule has 0 aliphatic rings. The van der Waals surface area contributed by atoms with Crippen LogP contribution in [0.4, 0.5) is 0 Å². The van der Waals surface area contributed by atoms with Crippen molar-refractivity contribution >= 4 is 11.3 Å². The van der Waals surface area contributed by atoms with E-state index in [2.05, 4.69) is 26.1 Å². The largest absolute Gasteiger partial charge is 0.508 e. The molecule has 0 bridgehead atoms. The summed E-state index contributed by atoms with van der Waals surface area (Å²) in [4.78, 5) is 6.04. The summed E-state index contributed by atoms with van der Waals surface area (Å²) < 4.78 is 0. The maximum atomic E-state index is 9.58. The number of phenolic OH excluding ortho intramolecular Hbond substituents is 1. The quantitative estimate of drug-likeness (QED) is 0.901. The number of thiazole rings is 1. The Labute approximate surface area is 118 Å². The minimum Gasteiger partial charge on any atom is -0.508 e. The first-order valence-electron chi connectivity index (χ1n) is 6.36. The molecule has 2 rings (SSSR count). The fourth-order valence-electron chi connectivity index (χ4n) is 1.98. The first-order valence-corrected chi connectivity index (χ1v) is 7.17. The summed E-state index contributed by atoms with van der Waals surface area (Å²) in [7, 11) is 1.94. The minimum absolute atomic E-state index is 0.0256. The topological polar surface area (TPSA) is 45.1 Å². The van der Waals surface area contributed by atoms with Crippen molar-refractivity contribution in [1.82, 2.24) is 10.3 Å². The smallest absolute Gasteiger partial charge is 0.124 e. The number of phenols is 1. The summed E-state index contributed by atoms with van der Waals surface area (Å²) in [6, 6.07) is 7.26. The lowest BCUT2D eigenvalue weighted by molar-refractivity contribution is 0.475. The van der Waals surface area contributed by atoms with Crippen LogP contribution in [0.3, 0.4) is 0 Å². The van der Waals surface area contributed by atoms with E-state index in [0.717, 1.165) is 22.8 Å². The molecule has 0 fully saturated rings. The number of nitrogens with zero attached hydrogens (tertiary/aromatic N) is 1. The SMILES string of the molecule is CNCc1sc(-c2cccc(O)c2)nc1C(C)(C)C. The van der Waals surface area contributed by atoms with Crippen LogP contribution >= 0.6 is 11.3 Å². The summed E-state index contributed by atoms with van der Waals surface area (Å²) >= 11 is 1.69. The highest BCUT2D eigenvalue weighted by atomic mass is 32.1. The summed E-state index contributed by atoms with van der Waals surface area (Å²) in [5.74, 6) is 0.278. The number of nitrogens with one attached hydrogen (secondary N) is 1. The molecule has 0 radical (unpaired) electrons. The molecule has 0 amide bonds. The molecular weight excluding hydrogens is 256 g/mol. The lowest BCUT2D eigenvalue weighted by atomic mass is 9.91. The Hall–Kier alpha value is -1.39. The van der Waals surface area contributed by atoms with E-state index in [9.17, 15) is 5.11 Å². The molecule has 3 nitrogen and oxygen atoms in total. The van der Waals surface area contributed by atoms with Gasteiger partial charge in [0, 0.05) is 22.4 Å². The third-order valence-electron chi connectivity index (χ3n) is 2.84. The molecule has 0 aliphatic carbocycles. The van der Waals surface area contributed by atoms with E-state index in [0.29, 0.717) is 0 Å². The summed E-state index contributed by atoms with van der Waals surface area (Å²) in [6.45, 7) is 7.34. The molecule has 4 heteroatoms. The Morgan fingerprint density at radius 1 is 1.32 bits per heavy atom. The van der Waals surface area contributed by atoms with Crippen molar-refractivity contribution in [3.8, 4) is 16.3 Å². The molecular formula is C15H20N2OS. The molecule has 19 heavy (non-hydrogen) atoms. The standard InChI is InChI=1S/C15H20N2OS/c1-15(2,3)13-12(9-16-4)19-14(17-13)10-6-5-7-11(18)8-10/h5-8,16,18H,9H2,1-4H3. The maximum Gasteiger partial charge on any atom is 0.124 e. The Bertz CT molecular complexity index is 570. The first kappa shape index (κ1) is 14.0. The van der Waals surface area contributed by atoms with E-state index in [4.69, 9.17) is 4.98 Å². The fraction of sp³-hybridized carbons (Fsp3) is 0.400. The predicted molar refractivity (Wildman–Crippen MR) is 80.7 cm³/mol. The van der Waals surface area contributed by atoms with Crippen LogP contribution in [0.2, 0.25) is 0 Å². The molecule has 2 aromatic rings. The summed E-state index contributed by atoms with van der Waals surface area (Å²) in [5, 5.41) is 13.7. The minimum atomic E-state index is 0.0256. The summed E-state index contributed by atoms with van der Waals surface area (Å²) in [6.07, 6.45) is 0. The van der Waals surface area contributed by atoms with E-state index >= 15 is 0 Å². The van der Waals surface area contributed by atoms with Crippen LogP contribution in [0.1, 0.15) is 31.3 Å². The van der Waals surface area contributed by atoms with Crippen molar-refractivity contribution in [3.63, 3.8) is 0 Å². The van der Waals surface area contributed by atoms with Gasteiger partial charge in [0.1, 0.15) is 10.8 Å². The maximum absolute atomic E-state index is 9.58. The van der Waals surface area contributed by atoms with E-state index in [-0.39, 0.29) is 11.2 Å². The van der Waals surface area contributed by atoms with Crippen LogP contribution in [-0.4, -0.2) is 17.1 Å². The number of hydrogen-bond acceptors (Lipinski definition) is 4. The summed E-state index contributed by atoms with van der Waals surface area (Å²) in [5.41, 5.74) is 2.13. The molecule has 0 unspecified atom stereocenters. The van der Waals surface area contributed by atoms with Crippen molar-refractivity contribution in [3.05, 3.63) is 34.8 Å². The van der Waals surface area contributed by atoms with Gasteiger partial charge in [-0.15, -0.1) is 11.3 Å². The van der Waals surface area contributed by atoms with E-state index < -0.39 is 0 Å². The first-order chi connectivity index (χ1) is 8.91. The van der Waals surface area contributed by atoms with Crippen molar-refractivity contribution in [2.75, 3.05) is 7.05 Å². The number of rotatable bonds is 3. The second kappa shape index (κ2) is 5.31. The average molecular weight is 276 g/mol. The number of benzene rings is 1. The fourth-order valence-corrected chi connectivity index (χ4v) is 3.26. The Balaban J connectivity index is 2.48. The van der Waals surface area contributed by atoms with Gasteiger partial charge < -0.3 is 10.4 Å². The van der Waals surface area contributed by atoms with Crippen LogP contribution in [0.15, 0.2) is 24.3 Å². The molecule has 0 atom stereocenters. The zero-order valence-corrected chi connectivity index (χ0v) is 12.6. The molecule has 1 aromatic heterocycles. The lowest BCUT2D eigenvalue weighted by Crippen LogP contribution is -2.16. The van der Waals surface area contributed by atoms with Gasteiger partial charge >= 0.3 is 0 Å². The molecule has 0 spiro atoms. The van der Waals surface area contributed by atoms with Gasteiger partial charge in [0.05, 0.1) is 5.69 Å². The van der Waals surface area contributed by atoms with Gasteiger partial charge in [0.15, 0.2) is 0 Å². The normalized spacial score (nSPS) is 11.8. The van der Waals surface area contributed by atoms with Crippen LogP contribution < -0.4 is 5.32 Å². The monoisotopic (exact) mass is 276 g/mol. The third-order valence-corrected chi connectivity index (χ3v) is 3.94. The van der Waals surface area contributed by atoms with Crippen LogP contribution in [-0.2, 0) is 12.0 Å². The molecule has 102 valence electrons. The third kappa shape index (κ3) is 3.14. The number of aromatic nitrogens is 1. The highest BCUT2D eigenvalue weighted by molar-refractivity contribution is 7.15. The van der Waals surface area contributed by atoms with Crippen molar-refractivity contribution in [2.45, 2.75) is 32.7 Å². The van der Waals surface area contributed by atoms with E-state index in [1.54, 1.807) is 23.5 Å². The molecule has 2 N–H and O–H groups in total. The Morgan fingerprint density at radius 2 is 2.05 bits per heavy atom. The molecule has 0 saturated heterocycles. The van der Waals surface area contributed by atoms with Crippen molar-refractivity contribution in [2.24, 2.45) is 0 Å². The van der Waals surface area contributed by atoms with Gasteiger partial charge in [-0.25, -0.2) is 4.98 Å².